The largest absolute Gasteiger partial charge is 0.325 e. The number of rotatable bonds is 8. The van der Waals surface area contributed by atoms with Gasteiger partial charge in [-0.1, -0.05) is 31.2 Å². The van der Waals surface area contributed by atoms with E-state index in [1.807, 2.05) is 38.1 Å². The molecule has 0 saturated carbocycles. The quantitative estimate of drug-likeness (QED) is 0.761. The van der Waals surface area contributed by atoms with Crippen molar-refractivity contribution in [2.24, 2.45) is 0 Å². The summed E-state index contributed by atoms with van der Waals surface area (Å²) < 4.78 is 13.2. The van der Waals surface area contributed by atoms with E-state index in [1.165, 1.54) is 18.2 Å². The van der Waals surface area contributed by atoms with Gasteiger partial charge < -0.3 is 10.6 Å². The van der Waals surface area contributed by atoms with E-state index in [2.05, 4.69) is 10.6 Å². The number of para-hydroxylation sites is 1. The number of aryl methyl sites for hydroxylation is 1. The fourth-order valence-electron chi connectivity index (χ4n) is 2.61. The number of hydrogen-bond acceptors (Lipinski definition) is 3. The van der Waals surface area contributed by atoms with Crippen molar-refractivity contribution in [1.82, 2.24) is 4.90 Å². The zero-order valence-electron chi connectivity index (χ0n) is 15.1. The van der Waals surface area contributed by atoms with Gasteiger partial charge in [0, 0.05) is 11.4 Å². The Kier molecular flexibility index (Phi) is 7.29. The zero-order chi connectivity index (χ0) is 18.9. The van der Waals surface area contributed by atoms with Crippen LogP contribution in [0.5, 0.6) is 0 Å². The van der Waals surface area contributed by atoms with Crippen LogP contribution in [0, 0.1) is 12.7 Å². The topological polar surface area (TPSA) is 61.4 Å². The van der Waals surface area contributed by atoms with E-state index in [0.717, 1.165) is 17.7 Å². The molecule has 0 bridgehead atoms. The number of carbonyl (C=O) groups excluding carboxylic acids is 2. The van der Waals surface area contributed by atoms with Gasteiger partial charge in [-0.15, -0.1) is 0 Å². The molecule has 0 aromatic heterocycles. The second kappa shape index (κ2) is 9.68. The van der Waals surface area contributed by atoms with E-state index in [4.69, 9.17) is 0 Å². The van der Waals surface area contributed by atoms with Gasteiger partial charge in [0.15, 0.2) is 0 Å². The lowest BCUT2D eigenvalue weighted by atomic mass is 10.2. The van der Waals surface area contributed by atoms with Crippen LogP contribution in [0.2, 0.25) is 0 Å². The highest BCUT2D eigenvalue weighted by Gasteiger charge is 2.15. The van der Waals surface area contributed by atoms with Crippen molar-refractivity contribution in [2.45, 2.75) is 20.3 Å². The van der Waals surface area contributed by atoms with Crippen molar-refractivity contribution in [3.63, 3.8) is 0 Å². The fourth-order valence-corrected chi connectivity index (χ4v) is 2.61. The van der Waals surface area contributed by atoms with Crippen LogP contribution in [0.15, 0.2) is 48.5 Å². The highest BCUT2D eigenvalue weighted by atomic mass is 19.1. The third kappa shape index (κ3) is 6.29. The Morgan fingerprint density at radius 1 is 1.00 bits per heavy atom. The Morgan fingerprint density at radius 2 is 1.69 bits per heavy atom. The SMILES string of the molecule is CCCN(CC(=O)Nc1cccc(F)c1)CC(=O)Nc1ccccc1C. The number of benzene rings is 2. The second-order valence-electron chi connectivity index (χ2n) is 6.13. The molecular formula is C20H24FN3O2. The molecule has 2 rings (SSSR count). The minimum atomic E-state index is -0.411. The van der Waals surface area contributed by atoms with Gasteiger partial charge in [-0.05, 0) is 49.7 Å². The summed E-state index contributed by atoms with van der Waals surface area (Å²) in [5, 5.41) is 5.52. The molecule has 5 nitrogen and oxygen atoms in total. The van der Waals surface area contributed by atoms with Crippen LogP contribution in [0.25, 0.3) is 0 Å². The molecule has 0 aliphatic heterocycles. The molecule has 6 heteroatoms. The summed E-state index contributed by atoms with van der Waals surface area (Å²) in [6.45, 7) is 4.69. The first-order valence-corrected chi connectivity index (χ1v) is 8.61. The van der Waals surface area contributed by atoms with Gasteiger partial charge in [-0.3, -0.25) is 14.5 Å². The third-order valence-corrected chi connectivity index (χ3v) is 3.80. The highest BCUT2D eigenvalue weighted by Crippen LogP contribution is 2.13. The van der Waals surface area contributed by atoms with Gasteiger partial charge >= 0.3 is 0 Å². The molecule has 0 spiro atoms. The van der Waals surface area contributed by atoms with Crippen molar-refractivity contribution in [1.29, 1.82) is 0 Å². The highest BCUT2D eigenvalue weighted by molar-refractivity contribution is 5.95. The van der Waals surface area contributed by atoms with E-state index in [0.29, 0.717) is 12.2 Å². The van der Waals surface area contributed by atoms with Crippen LogP contribution in [0.1, 0.15) is 18.9 Å². The molecule has 2 amide bonds. The lowest BCUT2D eigenvalue weighted by molar-refractivity contribution is -0.120. The van der Waals surface area contributed by atoms with Gasteiger partial charge in [0.1, 0.15) is 5.82 Å². The van der Waals surface area contributed by atoms with Crippen molar-refractivity contribution in [2.75, 3.05) is 30.3 Å². The Morgan fingerprint density at radius 3 is 2.35 bits per heavy atom. The van der Waals surface area contributed by atoms with Crippen LogP contribution in [-0.4, -0.2) is 36.3 Å². The maximum atomic E-state index is 13.2. The number of nitrogens with zero attached hydrogens (tertiary/aromatic N) is 1. The summed E-state index contributed by atoms with van der Waals surface area (Å²) in [5.74, 6) is -0.870. The Balaban J connectivity index is 1.92. The summed E-state index contributed by atoms with van der Waals surface area (Å²) in [4.78, 5) is 26.3. The van der Waals surface area contributed by atoms with Gasteiger partial charge in [-0.25, -0.2) is 4.39 Å². The summed E-state index contributed by atoms with van der Waals surface area (Å²) in [5.41, 5.74) is 2.14. The maximum Gasteiger partial charge on any atom is 0.238 e. The number of amides is 2. The molecule has 0 fully saturated rings. The van der Waals surface area contributed by atoms with E-state index in [9.17, 15) is 14.0 Å². The van der Waals surface area contributed by atoms with Crippen LogP contribution in [0.3, 0.4) is 0 Å². The van der Waals surface area contributed by atoms with Crippen LogP contribution in [0.4, 0.5) is 15.8 Å². The molecule has 0 heterocycles. The maximum absolute atomic E-state index is 13.2. The lowest BCUT2D eigenvalue weighted by Gasteiger charge is -2.21. The fraction of sp³-hybridized carbons (Fsp3) is 0.300. The standard InChI is InChI=1S/C20H24FN3O2/c1-3-11-24(13-19(25)22-17-9-6-8-16(21)12-17)14-20(26)23-18-10-5-4-7-15(18)2/h4-10,12H,3,11,13-14H2,1-2H3,(H,22,25)(H,23,26). The average molecular weight is 357 g/mol. The Bertz CT molecular complexity index is 764. The van der Waals surface area contributed by atoms with Crippen LogP contribution in [-0.2, 0) is 9.59 Å². The van der Waals surface area contributed by atoms with Crippen LogP contribution >= 0.6 is 0 Å². The summed E-state index contributed by atoms with van der Waals surface area (Å²) in [6, 6.07) is 13.3. The summed E-state index contributed by atoms with van der Waals surface area (Å²) in [7, 11) is 0. The van der Waals surface area contributed by atoms with E-state index in [1.54, 1.807) is 11.0 Å². The normalized spacial score (nSPS) is 10.6. The third-order valence-electron chi connectivity index (χ3n) is 3.80. The molecule has 138 valence electrons. The zero-order valence-corrected chi connectivity index (χ0v) is 15.1. The second-order valence-corrected chi connectivity index (χ2v) is 6.13. The van der Waals surface area contributed by atoms with E-state index in [-0.39, 0.29) is 24.9 Å². The van der Waals surface area contributed by atoms with Gasteiger partial charge in [-0.2, -0.15) is 0 Å². The molecule has 26 heavy (non-hydrogen) atoms. The van der Waals surface area contributed by atoms with Gasteiger partial charge in [0.2, 0.25) is 11.8 Å². The first kappa shape index (κ1) is 19.6. The summed E-state index contributed by atoms with van der Waals surface area (Å²) in [6.07, 6.45) is 0.810. The number of halogens is 1. The molecule has 2 aromatic rings. The van der Waals surface area contributed by atoms with Crippen LogP contribution < -0.4 is 10.6 Å². The molecule has 0 aliphatic carbocycles. The van der Waals surface area contributed by atoms with Gasteiger partial charge in [0.05, 0.1) is 13.1 Å². The summed E-state index contributed by atoms with van der Waals surface area (Å²) >= 11 is 0. The first-order valence-electron chi connectivity index (χ1n) is 8.61. The minimum Gasteiger partial charge on any atom is -0.325 e. The minimum absolute atomic E-state index is 0.0611. The van der Waals surface area contributed by atoms with Gasteiger partial charge in [0.25, 0.3) is 0 Å². The smallest absolute Gasteiger partial charge is 0.238 e. The molecule has 0 atom stereocenters. The van der Waals surface area contributed by atoms with Crippen molar-refractivity contribution >= 4 is 23.2 Å². The van der Waals surface area contributed by atoms with Crippen molar-refractivity contribution < 1.29 is 14.0 Å². The molecule has 0 radical (unpaired) electrons. The number of carbonyl (C=O) groups is 2. The predicted molar refractivity (Wildman–Crippen MR) is 102 cm³/mol. The van der Waals surface area contributed by atoms with Crippen molar-refractivity contribution in [3.8, 4) is 0 Å². The molecular weight excluding hydrogens is 333 g/mol. The number of hydrogen-bond donors (Lipinski definition) is 2. The molecule has 2 aromatic carbocycles. The number of nitrogens with one attached hydrogen (secondary N) is 2. The lowest BCUT2D eigenvalue weighted by Crippen LogP contribution is -2.39. The monoisotopic (exact) mass is 357 g/mol. The molecule has 0 aliphatic rings. The van der Waals surface area contributed by atoms with E-state index < -0.39 is 5.82 Å². The number of anilines is 2. The van der Waals surface area contributed by atoms with E-state index >= 15 is 0 Å². The predicted octanol–water partition coefficient (Wildman–Crippen LogP) is 3.42. The Hall–Kier alpha value is -2.73. The van der Waals surface area contributed by atoms with Crippen molar-refractivity contribution in [3.05, 3.63) is 59.9 Å². The molecule has 0 unspecified atom stereocenters. The molecule has 0 saturated heterocycles. The average Bonchev–Trinajstić information content (AvgIpc) is 2.57. The Labute approximate surface area is 153 Å². The first-order chi connectivity index (χ1) is 12.5. The molecule has 2 N–H and O–H groups in total.